The minimum Gasteiger partial charge on any atom is -0.489 e. The Balaban J connectivity index is 1.36. The Labute approximate surface area is 211 Å². The molecule has 8 nitrogen and oxygen atoms in total. The van der Waals surface area contributed by atoms with Crippen molar-refractivity contribution in [3.05, 3.63) is 66.1 Å². The van der Waals surface area contributed by atoms with E-state index in [1.165, 1.54) is 24.3 Å². The topological polar surface area (TPSA) is 99.7 Å². The minimum absolute atomic E-state index is 0.125. The van der Waals surface area contributed by atoms with Gasteiger partial charge in [-0.05, 0) is 42.8 Å². The number of imidazole rings is 1. The largest absolute Gasteiger partial charge is 0.573 e. The smallest absolute Gasteiger partial charge is 0.489 e. The number of nitrogens with zero attached hydrogens (tertiary/aromatic N) is 3. The van der Waals surface area contributed by atoms with Crippen LogP contribution in [-0.4, -0.2) is 51.8 Å². The van der Waals surface area contributed by atoms with Crippen molar-refractivity contribution in [3.63, 3.8) is 0 Å². The summed E-state index contributed by atoms with van der Waals surface area (Å²) in [6.07, 6.45) is -0.379. The summed E-state index contributed by atoms with van der Waals surface area (Å²) >= 11 is 0. The summed E-state index contributed by atoms with van der Waals surface area (Å²) in [5.74, 6) is -1.22. The van der Waals surface area contributed by atoms with Gasteiger partial charge in [0, 0.05) is 44.7 Å². The average Bonchev–Trinajstić information content (AvgIpc) is 3.29. The SMILES string of the molecule is C[C@@H](C(=O)N1CCC(Oc2ccc(-c3cn(C)cn3)cc2C(N)=O)CC1)c1ccc(OC(F)(F)F)cc1. The fraction of sp³-hybridized carbons (Fsp3) is 0.346. The third-order valence-corrected chi connectivity index (χ3v) is 6.28. The highest BCUT2D eigenvalue weighted by Crippen LogP contribution is 2.30. The summed E-state index contributed by atoms with van der Waals surface area (Å²) in [6, 6.07) is 10.5. The lowest BCUT2D eigenvalue weighted by Crippen LogP contribution is -2.43. The number of rotatable bonds is 7. The lowest BCUT2D eigenvalue weighted by Gasteiger charge is -2.34. The Morgan fingerprint density at radius 2 is 1.78 bits per heavy atom. The van der Waals surface area contributed by atoms with E-state index in [0.29, 0.717) is 42.9 Å². The second-order valence-electron chi connectivity index (χ2n) is 8.98. The van der Waals surface area contributed by atoms with Gasteiger partial charge >= 0.3 is 6.36 Å². The lowest BCUT2D eigenvalue weighted by atomic mass is 9.97. The molecule has 0 radical (unpaired) electrons. The van der Waals surface area contributed by atoms with Crippen LogP contribution in [0.1, 0.15) is 41.6 Å². The number of benzene rings is 2. The van der Waals surface area contributed by atoms with E-state index in [2.05, 4.69) is 9.72 Å². The van der Waals surface area contributed by atoms with E-state index in [1.807, 2.05) is 19.3 Å². The van der Waals surface area contributed by atoms with Crippen molar-refractivity contribution >= 4 is 11.8 Å². The molecule has 196 valence electrons. The van der Waals surface area contributed by atoms with E-state index < -0.39 is 18.2 Å². The molecule has 0 spiro atoms. The van der Waals surface area contributed by atoms with Crippen molar-refractivity contribution in [2.24, 2.45) is 12.8 Å². The second-order valence-corrected chi connectivity index (χ2v) is 8.98. The highest BCUT2D eigenvalue weighted by molar-refractivity contribution is 5.97. The first-order valence-corrected chi connectivity index (χ1v) is 11.7. The molecular weight excluding hydrogens is 489 g/mol. The van der Waals surface area contributed by atoms with Crippen LogP contribution in [0.5, 0.6) is 11.5 Å². The minimum atomic E-state index is -4.77. The highest BCUT2D eigenvalue weighted by Gasteiger charge is 2.32. The Bertz CT molecular complexity index is 1270. The summed E-state index contributed by atoms with van der Waals surface area (Å²) in [5, 5.41) is 0. The van der Waals surface area contributed by atoms with Gasteiger partial charge in [-0.2, -0.15) is 0 Å². The predicted molar refractivity (Wildman–Crippen MR) is 129 cm³/mol. The molecule has 0 saturated carbocycles. The summed E-state index contributed by atoms with van der Waals surface area (Å²) in [4.78, 5) is 31.1. The number of aryl methyl sites for hydroxylation is 1. The van der Waals surface area contributed by atoms with E-state index in [9.17, 15) is 22.8 Å². The molecule has 1 aliphatic heterocycles. The molecule has 0 unspecified atom stereocenters. The van der Waals surface area contributed by atoms with Gasteiger partial charge in [0.05, 0.1) is 23.5 Å². The van der Waals surface area contributed by atoms with Crippen molar-refractivity contribution < 1.29 is 32.2 Å². The number of ether oxygens (including phenoxy) is 2. The molecule has 37 heavy (non-hydrogen) atoms. The van der Waals surface area contributed by atoms with Crippen LogP contribution in [0.15, 0.2) is 55.0 Å². The lowest BCUT2D eigenvalue weighted by molar-refractivity contribution is -0.274. The molecule has 1 aliphatic rings. The molecule has 2 amide bonds. The molecule has 2 N–H and O–H groups in total. The van der Waals surface area contributed by atoms with Crippen molar-refractivity contribution in [1.29, 1.82) is 0 Å². The quantitative estimate of drug-likeness (QED) is 0.506. The number of piperidine rings is 1. The predicted octanol–water partition coefficient (Wildman–Crippen LogP) is 4.26. The zero-order valence-corrected chi connectivity index (χ0v) is 20.4. The molecule has 4 rings (SSSR count). The van der Waals surface area contributed by atoms with Gasteiger partial charge < -0.3 is 24.7 Å². The van der Waals surface area contributed by atoms with E-state index in [1.54, 1.807) is 34.9 Å². The molecular formula is C26H27F3N4O4. The number of carbonyl (C=O) groups is 2. The van der Waals surface area contributed by atoms with Crippen molar-refractivity contribution in [1.82, 2.24) is 14.5 Å². The van der Waals surface area contributed by atoms with Crippen LogP contribution in [0.4, 0.5) is 13.2 Å². The van der Waals surface area contributed by atoms with Crippen molar-refractivity contribution in [2.45, 2.75) is 38.1 Å². The monoisotopic (exact) mass is 516 g/mol. The molecule has 3 aromatic rings. The van der Waals surface area contributed by atoms with E-state index in [-0.39, 0.29) is 23.3 Å². The maximum atomic E-state index is 13.0. The molecule has 2 heterocycles. The van der Waals surface area contributed by atoms with Crippen LogP contribution in [0.3, 0.4) is 0 Å². The first-order chi connectivity index (χ1) is 17.5. The zero-order chi connectivity index (χ0) is 26.7. The van der Waals surface area contributed by atoms with Crippen LogP contribution in [-0.2, 0) is 11.8 Å². The number of alkyl halides is 3. The number of primary amides is 1. The van der Waals surface area contributed by atoms with E-state index in [0.717, 1.165) is 5.56 Å². The number of aromatic nitrogens is 2. The van der Waals surface area contributed by atoms with Gasteiger partial charge in [0.15, 0.2) is 0 Å². The fourth-order valence-electron chi connectivity index (χ4n) is 4.29. The number of halogens is 3. The first kappa shape index (κ1) is 26.1. The Morgan fingerprint density at radius 3 is 2.35 bits per heavy atom. The van der Waals surface area contributed by atoms with Gasteiger partial charge in [-0.25, -0.2) is 4.98 Å². The highest BCUT2D eigenvalue weighted by atomic mass is 19.4. The Hall–Kier alpha value is -4.02. The van der Waals surface area contributed by atoms with Gasteiger partial charge in [0.25, 0.3) is 5.91 Å². The summed E-state index contributed by atoms with van der Waals surface area (Å²) in [5.41, 5.74) is 7.91. The molecule has 11 heteroatoms. The maximum absolute atomic E-state index is 13.0. The van der Waals surface area contributed by atoms with Gasteiger partial charge in [-0.15, -0.1) is 13.2 Å². The molecule has 2 aromatic carbocycles. The van der Waals surface area contributed by atoms with E-state index in [4.69, 9.17) is 10.5 Å². The maximum Gasteiger partial charge on any atom is 0.573 e. The fourth-order valence-corrected chi connectivity index (χ4v) is 4.29. The molecule has 0 bridgehead atoms. The van der Waals surface area contributed by atoms with Gasteiger partial charge in [-0.3, -0.25) is 9.59 Å². The molecule has 1 saturated heterocycles. The number of amides is 2. The number of hydrogen-bond acceptors (Lipinski definition) is 5. The van der Waals surface area contributed by atoms with Gasteiger partial charge in [-0.1, -0.05) is 12.1 Å². The molecule has 1 atom stereocenters. The first-order valence-electron chi connectivity index (χ1n) is 11.7. The van der Waals surface area contributed by atoms with Crippen LogP contribution in [0, 0.1) is 0 Å². The zero-order valence-electron chi connectivity index (χ0n) is 20.4. The normalized spacial score (nSPS) is 15.3. The Morgan fingerprint density at radius 1 is 1.11 bits per heavy atom. The summed E-state index contributed by atoms with van der Waals surface area (Å²) in [7, 11) is 1.85. The van der Waals surface area contributed by atoms with Gasteiger partial charge in [0.1, 0.15) is 17.6 Å². The number of nitrogens with two attached hydrogens (primary N) is 1. The van der Waals surface area contributed by atoms with Crippen LogP contribution in [0.2, 0.25) is 0 Å². The number of likely N-dealkylation sites (tertiary alicyclic amines) is 1. The molecule has 1 fully saturated rings. The van der Waals surface area contributed by atoms with Gasteiger partial charge in [0.2, 0.25) is 5.91 Å². The van der Waals surface area contributed by atoms with Crippen LogP contribution in [0.25, 0.3) is 11.3 Å². The second kappa shape index (κ2) is 10.5. The average molecular weight is 517 g/mol. The van der Waals surface area contributed by atoms with Crippen LogP contribution >= 0.6 is 0 Å². The molecule has 1 aromatic heterocycles. The number of hydrogen-bond donors (Lipinski definition) is 1. The summed E-state index contributed by atoms with van der Waals surface area (Å²) < 4.78 is 48.9. The summed E-state index contributed by atoms with van der Waals surface area (Å²) in [6.45, 7) is 2.61. The third kappa shape index (κ3) is 6.41. The van der Waals surface area contributed by atoms with E-state index >= 15 is 0 Å². The standard InChI is InChI=1S/C26H27F3N4O4/c1-16(17-3-6-20(7-4-17)37-26(27,28)29)25(35)33-11-9-19(10-12-33)36-23-8-5-18(13-21(23)24(30)34)22-14-32(2)15-31-22/h3-8,13-16,19H,9-12H2,1-2H3,(H2,30,34)/t16-/m1/s1. The third-order valence-electron chi connectivity index (χ3n) is 6.28. The number of carbonyl (C=O) groups excluding carboxylic acids is 2. The van der Waals surface area contributed by atoms with Crippen molar-refractivity contribution in [2.75, 3.05) is 13.1 Å². The Kier molecular flexibility index (Phi) is 7.42. The van der Waals surface area contributed by atoms with Crippen LogP contribution < -0.4 is 15.2 Å². The molecule has 0 aliphatic carbocycles. The van der Waals surface area contributed by atoms with Crippen molar-refractivity contribution in [3.8, 4) is 22.8 Å².